The van der Waals surface area contributed by atoms with Gasteiger partial charge in [-0.2, -0.15) is 0 Å². The Morgan fingerprint density at radius 2 is 2.09 bits per heavy atom. The Balaban J connectivity index is 1.54. The first-order chi connectivity index (χ1) is 15.8. The lowest BCUT2D eigenvalue weighted by atomic mass is 10.0. The fourth-order valence-corrected chi connectivity index (χ4v) is 6.48. The van der Waals surface area contributed by atoms with Crippen LogP contribution in [0.25, 0.3) is 0 Å². The highest BCUT2D eigenvalue weighted by Gasteiger charge is 2.55. The van der Waals surface area contributed by atoms with Crippen molar-refractivity contribution in [2.45, 2.75) is 24.3 Å². The lowest BCUT2D eigenvalue weighted by molar-refractivity contribution is -0.893. The first-order valence-corrected chi connectivity index (χ1v) is 12.4. The van der Waals surface area contributed by atoms with Crippen molar-refractivity contribution in [3.8, 4) is 0 Å². The molecule has 0 saturated carbocycles. The van der Waals surface area contributed by atoms with Gasteiger partial charge >= 0.3 is 5.97 Å². The minimum absolute atomic E-state index is 0.0675. The second kappa shape index (κ2) is 9.31. The number of nitrogens with one attached hydrogen (secondary N) is 1. The number of fused-ring (bicyclic) bond motifs is 1. The van der Waals surface area contributed by atoms with E-state index in [2.05, 4.69) is 22.5 Å². The van der Waals surface area contributed by atoms with Crippen molar-refractivity contribution in [3.63, 3.8) is 0 Å². The molecule has 1 aromatic heterocycles. The lowest BCUT2D eigenvalue weighted by Crippen LogP contribution is -2.71. The summed E-state index contributed by atoms with van der Waals surface area (Å²) in [7, 11) is 4.80. The molecule has 0 bridgehead atoms. The van der Waals surface area contributed by atoms with E-state index in [0.717, 1.165) is 47.3 Å². The topological polar surface area (TPSA) is 136 Å². The van der Waals surface area contributed by atoms with Crippen LogP contribution in [0.2, 0.25) is 0 Å². The van der Waals surface area contributed by atoms with E-state index in [-0.39, 0.29) is 16.6 Å². The summed E-state index contributed by atoms with van der Waals surface area (Å²) >= 11 is 2.61. The number of methoxy groups -OCH3 is 1. The summed E-state index contributed by atoms with van der Waals surface area (Å²) in [5.41, 5.74) is 6.86. The van der Waals surface area contributed by atoms with Gasteiger partial charge in [-0.3, -0.25) is 14.5 Å². The van der Waals surface area contributed by atoms with Gasteiger partial charge in [0.2, 0.25) is 5.71 Å². The number of nitrogens with two attached hydrogens (primary N) is 1. The molecule has 2 fully saturated rings. The number of likely N-dealkylation sites (N-methyl/N-ethyl adjacent to an activating group) is 1. The lowest BCUT2D eigenvalue weighted by Gasteiger charge is -2.50. The van der Waals surface area contributed by atoms with Gasteiger partial charge in [-0.1, -0.05) is 16.5 Å². The van der Waals surface area contributed by atoms with Crippen molar-refractivity contribution >= 4 is 51.6 Å². The molecular formula is C20H27N6O5S2+. The van der Waals surface area contributed by atoms with E-state index >= 15 is 0 Å². The molecule has 4 heterocycles. The molecule has 4 rings (SSSR count). The molecule has 2 unspecified atom stereocenters. The summed E-state index contributed by atoms with van der Waals surface area (Å²) in [6.45, 7) is 2.78. The smallest absolute Gasteiger partial charge is 0.355 e. The zero-order chi connectivity index (χ0) is 23.8. The normalized spacial score (nSPS) is 24.3. The predicted octanol–water partition coefficient (Wildman–Crippen LogP) is 0.143. The molecule has 1 aromatic rings. The highest BCUT2D eigenvalue weighted by atomic mass is 32.2. The summed E-state index contributed by atoms with van der Waals surface area (Å²) in [4.78, 5) is 49.0. The molecule has 2 atom stereocenters. The highest BCUT2D eigenvalue weighted by Crippen LogP contribution is 2.41. The second-order valence-electron chi connectivity index (χ2n) is 8.43. The average molecular weight is 496 g/mol. The number of carbonyl (C=O) groups is 3. The maximum atomic E-state index is 13.1. The van der Waals surface area contributed by atoms with Gasteiger partial charge in [0.05, 0.1) is 33.4 Å². The molecule has 0 aliphatic carbocycles. The van der Waals surface area contributed by atoms with Crippen LogP contribution in [0.4, 0.5) is 5.00 Å². The first kappa shape index (κ1) is 23.5. The van der Waals surface area contributed by atoms with Crippen LogP contribution in [-0.4, -0.2) is 95.9 Å². The van der Waals surface area contributed by atoms with Gasteiger partial charge < -0.3 is 25.1 Å². The van der Waals surface area contributed by atoms with Crippen molar-refractivity contribution in [3.05, 3.63) is 22.5 Å². The minimum Gasteiger partial charge on any atom is -0.464 e. The summed E-state index contributed by atoms with van der Waals surface area (Å²) in [6, 6.07) is -0.806. The van der Waals surface area contributed by atoms with Gasteiger partial charge in [-0.15, -0.1) is 11.8 Å². The molecule has 11 nitrogen and oxygen atoms in total. The molecule has 2 amide bonds. The average Bonchev–Trinajstić information content (AvgIpc) is 3.42. The number of thioether (sulfide) groups is 1. The van der Waals surface area contributed by atoms with Crippen LogP contribution in [0, 0.1) is 0 Å². The van der Waals surface area contributed by atoms with Crippen LogP contribution in [-0.2, 0) is 24.0 Å². The summed E-state index contributed by atoms with van der Waals surface area (Å²) in [5.74, 6) is -0.910. The van der Waals surface area contributed by atoms with Gasteiger partial charge in [-0.25, -0.2) is 9.78 Å². The van der Waals surface area contributed by atoms with E-state index in [9.17, 15) is 14.4 Å². The van der Waals surface area contributed by atoms with Gasteiger partial charge in [-0.05, 0) is 0 Å². The minimum atomic E-state index is -0.806. The Morgan fingerprint density at radius 3 is 2.70 bits per heavy atom. The SMILES string of the molecule is CO/N=C(\C(=O)NC1C(=O)N2C(C(=O)OC)=C(C[N+]3(C)CCCC3)CSC12)c1ncc(N)s1. The Morgan fingerprint density at radius 1 is 1.36 bits per heavy atom. The number of nitrogen functional groups attached to an aromatic ring is 1. The number of thiazole rings is 1. The molecular weight excluding hydrogens is 468 g/mol. The van der Waals surface area contributed by atoms with Crippen molar-refractivity contribution in [1.82, 2.24) is 15.2 Å². The van der Waals surface area contributed by atoms with Crippen LogP contribution in [0.5, 0.6) is 0 Å². The largest absolute Gasteiger partial charge is 0.464 e. The maximum Gasteiger partial charge on any atom is 0.355 e. The maximum absolute atomic E-state index is 13.1. The number of β-lactam (4-membered cyclic amide) rings is 1. The number of carbonyl (C=O) groups excluding carboxylic acids is 3. The third-order valence-corrected chi connectivity index (χ3v) is 8.23. The van der Waals surface area contributed by atoms with E-state index in [1.165, 1.54) is 37.1 Å². The van der Waals surface area contributed by atoms with Crippen molar-refractivity contribution in [2.75, 3.05) is 52.4 Å². The summed E-state index contributed by atoms with van der Waals surface area (Å²) < 4.78 is 5.86. The fourth-order valence-electron chi connectivity index (χ4n) is 4.48. The first-order valence-electron chi connectivity index (χ1n) is 10.5. The van der Waals surface area contributed by atoms with Crippen LogP contribution in [0.1, 0.15) is 17.8 Å². The Labute approximate surface area is 199 Å². The van der Waals surface area contributed by atoms with Crippen LogP contribution in [0.3, 0.4) is 0 Å². The van der Waals surface area contributed by atoms with E-state index < -0.39 is 23.3 Å². The molecule has 0 spiro atoms. The molecule has 0 aromatic carbocycles. The van der Waals surface area contributed by atoms with Gasteiger partial charge in [0.15, 0.2) is 5.01 Å². The Bertz CT molecular complexity index is 1030. The number of amides is 2. The van der Waals surface area contributed by atoms with Gasteiger partial charge in [0.1, 0.15) is 35.8 Å². The molecule has 178 valence electrons. The predicted molar refractivity (Wildman–Crippen MR) is 124 cm³/mol. The zero-order valence-electron chi connectivity index (χ0n) is 18.7. The third-order valence-electron chi connectivity index (χ3n) is 6.05. The number of rotatable bonds is 7. The van der Waals surface area contributed by atoms with E-state index in [1.54, 1.807) is 0 Å². The standard InChI is InChI=1S/C20H26N6O5S2/c1-26(6-4-5-7-26)9-11-10-32-19-14(18(28)25(19)15(11)20(29)30-2)23-16(27)13(24-31-3)17-22-8-12(21)33-17/h8,14,19H,4-7,9-10H2,1-3H3,(H2-,21,23,24,27)/p+1. The number of likely N-dealkylation sites (tertiary alicyclic amines) is 1. The number of aromatic nitrogens is 1. The van der Waals surface area contributed by atoms with E-state index in [4.69, 9.17) is 15.3 Å². The molecule has 0 radical (unpaired) electrons. The van der Waals surface area contributed by atoms with Crippen molar-refractivity contribution < 1.29 is 28.4 Å². The monoisotopic (exact) mass is 495 g/mol. The van der Waals surface area contributed by atoms with Crippen molar-refractivity contribution in [2.24, 2.45) is 5.16 Å². The number of ether oxygens (including phenoxy) is 1. The number of quaternary nitrogens is 1. The highest BCUT2D eigenvalue weighted by molar-refractivity contribution is 8.00. The molecule has 33 heavy (non-hydrogen) atoms. The van der Waals surface area contributed by atoms with Crippen LogP contribution in [0.15, 0.2) is 22.6 Å². The molecule has 2 saturated heterocycles. The van der Waals surface area contributed by atoms with E-state index in [1.807, 2.05) is 0 Å². The molecule has 3 aliphatic heterocycles. The number of oxime groups is 1. The summed E-state index contributed by atoms with van der Waals surface area (Å²) in [6.07, 6.45) is 3.73. The second-order valence-corrected chi connectivity index (χ2v) is 10.6. The fraction of sp³-hybridized carbons (Fsp3) is 0.550. The molecule has 3 N–H and O–H groups in total. The van der Waals surface area contributed by atoms with Gasteiger partial charge in [0.25, 0.3) is 11.8 Å². The van der Waals surface area contributed by atoms with E-state index in [0.29, 0.717) is 23.0 Å². The van der Waals surface area contributed by atoms with Crippen molar-refractivity contribution in [1.29, 1.82) is 0 Å². The quantitative estimate of drug-likeness (QED) is 0.179. The number of hydrogen-bond acceptors (Lipinski definition) is 10. The number of nitrogens with zero attached hydrogens (tertiary/aromatic N) is 4. The number of esters is 1. The van der Waals surface area contributed by atoms with Crippen LogP contribution < -0.4 is 11.1 Å². The third kappa shape index (κ3) is 4.44. The number of hydrogen-bond donors (Lipinski definition) is 2. The van der Waals surface area contributed by atoms with Crippen LogP contribution >= 0.6 is 23.1 Å². The Hall–Kier alpha value is -2.64. The summed E-state index contributed by atoms with van der Waals surface area (Å²) in [5, 5.41) is 6.77. The van der Waals surface area contributed by atoms with Gasteiger partial charge in [0, 0.05) is 24.2 Å². The molecule has 13 heteroatoms. The Kier molecular flexibility index (Phi) is 6.64. The number of anilines is 1. The molecule has 3 aliphatic rings. The zero-order valence-corrected chi connectivity index (χ0v) is 20.3.